The first-order valence-corrected chi connectivity index (χ1v) is 5.78. The van der Waals surface area contributed by atoms with Gasteiger partial charge in [-0.15, -0.1) is 0 Å². The molecule has 1 N–H and O–H groups in total. The van der Waals surface area contributed by atoms with Crippen LogP contribution in [0.25, 0.3) is 0 Å². The molecule has 1 aliphatic heterocycles. The third kappa shape index (κ3) is 1.82. The first-order valence-electron chi connectivity index (χ1n) is 5.03. The first-order chi connectivity index (χ1) is 7.15. The van der Waals surface area contributed by atoms with Crippen molar-refractivity contribution < 1.29 is 4.74 Å². The van der Waals surface area contributed by atoms with Gasteiger partial charge in [0.05, 0.1) is 11.1 Å². The summed E-state index contributed by atoms with van der Waals surface area (Å²) in [7, 11) is 0. The summed E-state index contributed by atoms with van der Waals surface area (Å²) in [5.41, 5.74) is 1.10. The predicted octanol–water partition coefficient (Wildman–Crippen LogP) is 3.42. The van der Waals surface area contributed by atoms with E-state index in [1.54, 1.807) is 0 Å². The van der Waals surface area contributed by atoms with Crippen LogP contribution in [0.4, 0.5) is 0 Å². The lowest BCUT2D eigenvalue weighted by molar-refractivity contribution is 0.211. The molecular formula is C11H13Cl2NO. The Kier molecular flexibility index (Phi) is 3.10. The van der Waals surface area contributed by atoms with Gasteiger partial charge in [0.2, 0.25) is 0 Å². The number of ether oxygens (including phenoxy) is 1. The monoisotopic (exact) mass is 245 g/mol. The van der Waals surface area contributed by atoms with Gasteiger partial charge in [0.1, 0.15) is 16.9 Å². The van der Waals surface area contributed by atoms with Crippen molar-refractivity contribution in [3.05, 3.63) is 27.7 Å². The second-order valence-corrected chi connectivity index (χ2v) is 4.42. The van der Waals surface area contributed by atoms with Crippen molar-refractivity contribution in [3.8, 4) is 5.75 Å². The lowest BCUT2D eigenvalue weighted by Gasteiger charge is -2.14. The number of hydrogen-bond donors (Lipinski definition) is 1. The van der Waals surface area contributed by atoms with Crippen LogP contribution in [0.15, 0.2) is 12.1 Å². The van der Waals surface area contributed by atoms with Crippen molar-refractivity contribution >= 4 is 23.2 Å². The number of likely N-dealkylation sites (N-methyl/N-ethyl adjacent to an activating group) is 1. The largest absolute Gasteiger partial charge is 0.487 e. The number of rotatable bonds is 2. The molecule has 82 valence electrons. The van der Waals surface area contributed by atoms with Gasteiger partial charge in [0, 0.05) is 5.56 Å². The van der Waals surface area contributed by atoms with Crippen LogP contribution < -0.4 is 10.1 Å². The maximum absolute atomic E-state index is 6.08. The molecule has 0 bridgehead atoms. The van der Waals surface area contributed by atoms with E-state index in [-0.39, 0.29) is 12.1 Å². The molecule has 1 aliphatic rings. The molecule has 4 heteroatoms. The molecule has 1 aromatic carbocycles. The molecule has 0 saturated carbocycles. The number of hydrogen-bond acceptors (Lipinski definition) is 2. The average molecular weight is 246 g/mol. The van der Waals surface area contributed by atoms with E-state index in [1.807, 2.05) is 19.1 Å². The Bertz CT molecular complexity index is 381. The van der Waals surface area contributed by atoms with Crippen molar-refractivity contribution in [1.29, 1.82) is 0 Å². The minimum atomic E-state index is 0.0934. The van der Waals surface area contributed by atoms with Crippen LogP contribution in [-0.2, 0) is 0 Å². The van der Waals surface area contributed by atoms with Gasteiger partial charge < -0.3 is 10.1 Å². The van der Waals surface area contributed by atoms with Gasteiger partial charge in [0.15, 0.2) is 0 Å². The highest BCUT2D eigenvalue weighted by Crippen LogP contribution is 2.44. The summed E-state index contributed by atoms with van der Waals surface area (Å²) in [5, 5.41) is 4.43. The minimum absolute atomic E-state index is 0.0934. The van der Waals surface area contributed by atoms with E-state index in [9.17, 15) is 0 Å². The summed E-state index contributed by atoms with van der Waals surface area (Å²) < 4.78 is 5.70. The predicted molar refractivity (Wildman–Crippen MR) is 63.0 cm³/mol. The second-order valence-electron chi connectivity index (χ2n) is 3.64. The molecule has 2 nitrogen and oxygen atoms in total. The van der Waals surface area contributed by atoms with Gasteiger partial charge in [0.25, 0.3) is 0 Å². The summed E-state index contributed by atoms with van der Waals surface area (Å²) in [6.07, 6.45) is 0.0934. The molecule has 0 saturated heterocycles. The van der Waals surface area contributed by atoms with Gasteiger partial charge in [-0.25, -0.2) is 0 Å². The fraction of sp³-hybridized carbons (Fsp3) is 0.455. The molecule has 2 unspecified atom stereocenters. The number of fused-ring (bicyclic) bond motifs is 1. The van der Waals surface area contributed by atoms with E-state index in [1.165, 1.54) is 0 Å². The second kappa shape index (κ2) is 4.20. The average Bonchev–Trinajstić information content (AvgIpc) is 2.52. The molecule has 2 atom stereocenters. The van der Waals surface area contributed by atoms with Gasteiger partial charge in [-0.2, -0.15) is 0 Å². The zero-order chi connectivity index (χ0) is 11.0. The third-order valence-electron chi connectivity index (χ3n) is 2.61. The van der Waals surface area contributed by atoms with Crippen LogP contribution in [0.3, 0.4) is 0 Å². The standard InChI is InChI=1S/C11H13Cl2NO/c1-3-14-10-6(2)15-11-7(10)4-5-8(12)9(11)13/h4-6,10,14H,3H2,1-2H3. The Morgan fingerprint density at radius 2 is 2.13 bits per heavy atom. The normalized spacial score (nSPS) is 23.7. The number of halogens is 2. The Labute approximate surface area is 99.5 Å². The zero-order valence-corrected chi connectivity index (χ0v) is 10.2. The van der Waals surface area contributed by atoms with Crippen LogP contribution in [0.5, 0.6) is 5.75 Å². The quantitative estimate of drug-likeness (QED) is 0.863. The molecule has 2 rings (SSSR count). The Hall–Kier alpha value is -0.440. The zero-order valence-electron chi connectivity index (χ0n) is 8.68. The molecule has 0 amide bonds. The fourth-order valence-corrected chi connectivity index (χ4v) is 2.28. The Morgan fingerprint density at radius 3 is 2.80 bits per heavy atom. The minimum Gasteiger partial charge on any atom is -0.487 e. The molecule has 0 fully saturated rings. The van der Waals surface area contributed by atoms with E-state index < -0.39 is 0 Å². The SMILES string of the molecule is CCNC1c2ccc(Cl)c(Cl)c2OC1C. The van der Waals surface area contributed by atoms with E-state index in [0.29, 0.717) is 10.0 Å². The molecule has 0 aliphatic carbocycles. The van der Waals surface area contributed by atoms with Crippen LogP contribution in [-0.4, -0.2) is 12.6 Å². The van der Waals surface area contributed by atoms with Gasteiger partial charge >= 0.3 is 0 Å². The van der Waals surface area contributed by atoms with E-state index in [0.717, 1.165) is 17.9 Å². The van der Waals surface area contributed by atoms with Crippen LogP contribution >= 0.6 is 23.2 Å². The molecule has 15 heavy (non-hydrogen) atoms. The first kappa shape index (κ1) is 11.1. The van der Waals surface area contributed by atoms with Gasteiger partial charge in [-0.05, 0) is 19.5 Å². The van der Waals surface area contributed by atoms with Gasteiger partial charge in [-0.1, -0.05) is 36.2 Å². The molecule has 0 radical (unpaired) electrons. The summed E-state index contributed by atoms with van der Waals surface area (Å²) in [4.78, 5) is 0. The summed E-state index contributed by atoms with van der Waals surface area (Å²) in [6, 6.07) is 3.99. The number of benzene rings is 1. The van der Waals surface area contributed by atoms with E-state index >= 15 is 0 Å². The smallest absolute Gasteiger partial charge is 0.144 e. The van der Waals surface area contributed by atoms with Crippen LogP contribution in [0.2, 0.25) is 10.0 Å². The highest BCUT2D eigenvalue weighted by atomic mass is 35.5. The van der Waals surface area contributed by atoms with Gasteiger partial charge in [-0.3, -0.25) is 0 Å². The maximum Gasteiger partial charge on any atom is 0.144 e. The Balaban J connectivity index is 2.42. The molecule has 0 aromatic heterocycles. The van der Waals surface area contributed by atoms with Crippen LogP contribution in [0.1, 0.15) is 25.5 Å². The molecule has 1 aromatic rings. The van der Waals surface area contributed by atoms with Crippen molar-refractivity contribution in [2.75, 3.05) is 6.54 Å². The van der Waals surface area contributed by atoms with E-state index in [2.05, 4.69) is 12.2 Å². The number of nitrogens with one attached hydrogen (secondary N) is 1. The molecular weight excluding hydrogens is 233 g/mol. The van der Waals surface area contributed by atoms with Crippen molar-refractivity contribution in [2.45, 2.75) is 26.0 Å². The van der Waals surface area contributed by atoms with Crippen molar-refractivity contribution in [3.63, 3.8) is 0 Å². The topological polar surface area (TPSA) is 21.3 Å². The lowest BCUT2D eigenvalue weighted by Crippen LogP contribution is -2.28. The Morgan fingerprint density at radius 1 is 1.40 bits per heavy atom. The van der Waals surface area contributed by atoms with E-state index in [4.69, 9.17) is 27.9 Å². The molecule has 1 heterocycles. The summed E-state index contributed by atoms with van der Waals surface area (Å²) in [5.74, 6) is 0.725. The molecule has 0 spiro atoms. The van der Waals surface area contributed by atoms with Crippen molar-refractivity contribution in [1.82, 2.24) is 5.32 Å². The summed E-state index contributed by atoms with van der Waals surface area (Å²) in [6.45, 7) is 5.00. The highest BCUT2D eigenvalue weighted by Gasteiger charge is 2.32. The fourth-order valence-electron chi connectivity index (χ4n) is 1.91. The lowest BCUT2D eigenvalue weighted by atomic mass is 10.0. The highest BCUT2D eigenvalue weighted by molar-refractivity contribution is 6.43. The maximum atomic E-state index is 6.08. The van der Waals surface area contributed by atoms with Crippen molar-refractivity contribution in [2.24, 2.45) is 0 Å². The summed E-state index contributed by atoms with van der Waals surface area (Å²) >= 11 is 12.0. The third-order valence-corrected chi connectivity index (χ3v) is 3.40. The van der Waals surface area contributed by atoms with Crippen LogP contribution in [0, 0.1) is 0 Å².